The molecule has 5 nitrogen and oxygen atoms in total. The van der Waals surface area contributed by atoms with E-state index in [0.717, 1.165) is 5.69 Å². The predicted molar refractivity (Wildman–Crippen MR) is 61.6 cm³/mol. The van der Waals surface area contributed by atoms with Crippen LogP contribution in [0.5, 0.6) is 0 Å². The Morgan fingerprint density at radius 3 is 2.94 bits per heavy atom. The predicted octanol–water partition coefficient (Wildman–Crippen LogP) is 2.17. The fourth-order valence-electron chi connectivity index (χ4n) is 1.64. The number of carbonyl (C=O) groups is 1. The van der Waals surface area contributed by atoms with E-state index in [-0.39, 0.29) is 5.69 Å². The summed E-state index contributed by atoms with van der Waals surface area (Å²) in [6.45, 7) is 3.78. The summed E-state index contributed by atoms with van der Waals surface area (Å²) in [7, 11) is 1.88. The van der Waals surface area contributed by atoms with Crippen molar-refractivity contribution in [2.75, 3.05) is 6.61 Å². The summed E-state index contributed by atoms with van der Waals surface area (Å²) in [5.74, 6) is 0.443. The van der Waals surface area contributed by atoms with Gasteiger partial charge >= 0.3 is 5.97 Å². The summed E-state index contributed by atoms with van der Waals surface area (Å²) in [6, 6.07) is 3.74. The number of oxazole rings is 1. The van der Waals surface area contributed by atoms with Crippen LogP contribution in [0.4, 0.5) is 0 Å². The molecule has 0 N–H and O–H groups in total. The third kappa shape index (κ3) is 2.08. The molecule has 0 spiro atoms. The molecule has 0 saturated heterocycles. The van der Waals surface area contributed by atoms with Gasteiger partial charge in [0.05, 0.1) is 12.3 Å². The van der Waals surface area contributed by atoms with Gasteiger partial charge in [0.2, 0.25) is 0 Å². The Bertz CT molecular complexity index is 540. The Morgan fingerprint density at radius 2 is 2.35 bits per heavy atom. The highest BCUT2D eigenvalue weighted by Gasteiger charge is 2.22. The van der Waals surface area contributed by atoms with E-state index in [1.54, 1.807) is 13.8 Å². The molecule has 2 rings (SSSR count). The van der Waals surface area contributed by atoms with Crippen molar-refractivity contribution in [2.45, 2.75) is 13.8 Å². The molecule has 2 aromatic rings. The molecule has 2 aromatic heterocycles. The van der Waals surface area contributed by atoms with E-state index in [1.807, 2.05) is 29.9 Å². The van der Waals surface area contributed by atoms with E-state index >= 15 is 0 Å². The van der Waals surface area contributed by atoms with Crippen molar-refractivity contribution in [1.82, 2.24) is 9.55 Å². The number of nitrogens with zero attached hydrogens (tertiary/aromatic N) is 2. The largest absolute Gasteiger partial charge is 0.461 e. The zero-order chi connectivity index (χ0) is 12.4. The molecule has 17 heavy (non-hydrogen) atoms. The number of aryl methyl sites for hydroxylation is 2. The van der Waals surface area contributed by atoms with E-state index in [1.165, 1.54) is 0 Å². The number of aromatic nitrogens is 2. The summed E-state index contributed by atoms with van der Waals surface area (Å²) in [5.41, 5.74) is 1.03. The summed E-state index contributed by atoms with van der Waals surface area (Å²) in [4.78, 5) is 15.8. The van der Waals surface area contributed by atoms with Crippen LogP contribution in [0.3, 0.4) is 0 Å². The van der Waals surface area contributed by atoms with Gasteiger partial charge in [0, 0.05) is 20.2 Å². The Balaban J connectivity index is 2.48. The molecule has 0 atom stereocenters. The van der Waals surface area contributed by atoms with Crippen LogP contribution in [0, 0.1) is 6.92 Å². The maximum absolute atomic E-state index is 11.7. The van der Waals surface area contributed by atoms with Gasteiger partial charge in [0.15, 0.2) is 17.3 Å². The average Bonchev–Trinajstić information content (AvgIpc) is 2.84. The van der Waals surface area contributed by atoms with Crippen molar-refractivity contribution in [2.24, 2.45) is 7.05 Å². The van der Waals surface area contributed by atoms with Crippen molar-refractivity contribution in [3.63, 3.8) is 0 Å². The Morgan fingerprint density at radius 1 is 1.59 bits per heavy atom. The monoisotopic (exact) mass is 234 g/mol. The van der Waals surface area contributed by atoms with Crippen molar-refractivity contribution >= 4 is 5.97 Å². The first kappa shape index (κ1) is 11.4. The molecule has 0 fully saturated rings. The molecular formula is C12H14N2O3. The summed E-state index contributed by atoms with van der Waals surface area (Å²) in [5, 5.41) is 0. The van der Waals surface area contributed by atoms with Gasteiger partial charge in [-0.25, -0.2) is 9.78 Å². The van der Waals surface area contributed by atoms with Crippen LogP contribution >= 0.6 is 0 Å². The highest BCUT2D eigenvalue weighted by atomic mass is 16.5. The van der Waals surface area contributed by atoms with Gasteiger partial charge in [-0.2, -0.15) is 0 Å². The molecule has 0 aliphatic rings. The lowest BCUT2D eigenvalue weighted by Gasteiger charge is -2.02. The molecule has 0 aromatic carbocycles. The third-order valence-electron chi connectivity index (χ3n) is 2.38. The van der Waals surface area contributed by atoms with Crippen molar-refractivity contribution in [3.8, 4) is 11.5 Å². The SMILES string of the molecule is CCOC(=O)c1nc(C)oc1-c1cccn1C. The van der Waals surface area contributed by atoms with Crippen molar-refractivity contribution < 1.29 is 13.9 Å². The Kier molecular flexibility index (Phi) is 2.99. The summed E-state index contributed by atoms with van der Waals surface area (Å²) < 4.78 is 12.3. The van der Waals surface area contributed by atoms with Gasteiger partial charge in [-0.15, -0.1) is 0 Å². The lowest BCUT2D eigenvalue weighted by Crippen LogP contribution is -2.07. The van der Waals surface area contributed by atoms with Crippen LogP contribution in [-0.2, 0) is 11.8 Å². The molecule has 2 heterocycles. The molecular weight excluding hydrogens is 220 g/mol. The second-order valence-electron chi connectivity index (χ2n) is 3.64. The van der Waals surface area contributed by atoms with Crippen LogP contribution in [0.2, 0.25) is 0 Å². The molecule has 0 aliphatic heterocycles. The lowest BCUT2D eigenvalue weighted by atomic mass is 10.2. The van der Waals surface area contributed by atoms with Gasteiger partial charge < -0.3 is 13.7 Å². The first-order chi connectivity index (χ1) is 8.13. The Labute approximate surface area is 99.0 Å². The second-order valence-corrected chi connectivity index (χ2v) is 3.64. The number of rotatable bonds is 3. The zero-order valence-corrected chi connectivity index (χ0v) is 10.1. The molecule has 0 radical (unpaired) electrons. The van der Waals surface area contributed by atoms with Gasteiger partial charge in [-0.3, -0.25) is 0 Å². The van der Waals surface area contributed by atoms with Crippen LogP contribution in [-0.4, -0.2) is 22.1 Å². The third-order valence-corrected chi connectivity index (χ3v) is 2.38. The van der Waals surface area contributed by atoms with Crippen LogP contribution in [0.25, 0.3) is 11.5 Å². The molecule has 0 amide bonds. The van der Waals surface area contributed by atoms with Gasteiger partial charge in [0.25, 0.3) is 0 Å². The van der Waals surface area contributed by atoms with Gasteiger partial charge in [-0.1, -0.05) is 0 Å². The first-order valence-electron chi connectivity index (χ1n) is 5.39. The fourth-order valence-corrected chi connectivity index (χ4v) is 1.64. The number of esters is 1. The minimum absolute atomic E-state index is 0.228. The molecule has 5 heteroatoms. The quantitative estimate of drug-likeness (QED) is 0.764. The Hall–Kier alpha value is -2.04. The van der Waals surface area contributed by atoms with E-state index in [0.29, 0.717) is 18.3 Å². The molecule has 0 bridgehead atoms. The van der Waals surface area contributed by atoms with E-state index < -0.39 is 5.97 Å². The van der Waals surface area contributed by atoms with E-state index in [4.69, 9.17) is 9.15 Å². The average molecular weight is 234 g/mol. The minimum atomic E-state index is -0.458. The zero-order valence-electron chi connectivity index (χ0n) is 10.1. The van der Waals surface area contributed by atoms with Crippen LogP contribution in [0.15, 0.2) is 22.7 Å². The fraction of sp³-hybridized carbons (Fsp3) is 0.333. The summed E-state index contributed by atoms with van der Waals surface area (Å²) in [6.07, 6.45) is 1.88. The standard InChI is InChI=1S/C12H14N2O3/c1-4-16-12(15)10-11(17-8(2)13-10)9-6-5-7-14(9)3/h5-7H,4H2,1-3H3. The highest BCUT2D eigenvalue weighted by molar-refractivity contribution is 5.93. The molecule has 0 saturated carbocycles. The van der Waals surface area contributed by atoms with Crippen LogP contribution in [0.1, 0.15) is 23.3 Å². The van der Waals surface area contributed by atoms with E-state index in [9.17, 15) is 4.79 Å². The van der Waals surface area contributed by atoms with E-state index in [2.05, 4.69) is 4.98 Å². The number of hydrogen-bond donors (Lipinski definition) is 0. The normalized spacial score (nSPS) is 10.5. The first-order valence-corrected chi connectivity index (χ1v) is 5.39. The minimum Gasteiger partial charge on any atom is -0.461 e. The molecule has 0 unspecified atom stereocenters. The van der Waals surface area contributed by atoms with Crippen molar-refractivity contribution in [1.29, 1.82) is 0 Å². The molecule has 0 aliphatic carbocycles. The summed E-state index contributed by atoms with van der Waals surface area (Å²) >= 11 is 0. The number of hydrogen-bond acceptors (Lipinski definition) is 4. The van der Waals surface area contributed by atoms with Gasteiger partial charge in [-0.05, 0) is 19.1 Å². The van der Waals surface area contributed by atoms with Crippen LogP contribution < -0.4 is 0 Å². The number of carbonyl (C=O) groups excluding carboxylic acids is 1. The lowest BCUT2D eigenvalue weighted by molar-refractivity contribution is 0.0520. The van der Waals surface area contributed by atoms with Crippen molar-refractivity contribution in [3.05, 3.63) is 29.9 Å². The topological polar surface area (TPSA) is 57.3 Å². The highest BCUT2D eigenvalue weighted by Crippen LogP contribution is 2.25. The molecule has 90 valence electrons. The maximum Gasteiger partial charge on any atom is 0.361 e. The maximum atomic E-state index is 11.7. The van der Waals surface area contributed by atoms with Gasteiger partial charge in [0.1, 0.15) is 0 Å². The smallest absolute Gasteiger partial charge is 0.361 e. The number of ether oxygens (including phenoxy) is 1. The second kappa shape index (κ2) is 4.45.